The van der Waals surface area contributed by atoms with E-state index in [9.17, 15) is 0 Å². The average molecular weight is 597 g/mol. The molecule has 2 heterocycles. The van der Waals surface area contributed by atoms with Gasteiger partial charge in [0, 0.05) is 0 Å². The van der Waals surface area contributed by atoms with Crippen LogP contribution in [0.25, 0.3) is 20.4 Å². The summed E-state index contributed by atoms with van der Waals surface area (Å²) >= 11 is 12.2. The molecule has 2 aromatic carbocycles. The predicted molar refractivity (Wildman–Crippen MR) is 129 cm³/mol. The quantitative estimate of drug-likeness (QED) is 0.246. The molecule has 0 radical (unpaired) electrons. The monoisotopic (exact) mass is 594 g/mol. The highest BCUT2D eigenvalue weighted by molar-refractivity contribution is 9.69. The number of methoxy groups -OCH3 is 1. The Kier molecular flexibility index (Phi) is 8.61. The van der Waals surface area contributed by atoms with E-state index < -0.39 is 0 Å². The summed E-state index contributed by atoms with van der Waals surface area (Å²) in [4.78, 5) is 8.17. The van der Waals surface area contributed by atoms with Crippen molar-refractivity contribution in [2.75, 3.05) is 18.6 Å². The van der Waals surface area contributed by atoms with Crippen LogP contribution >= 0.6 is 69.9 Å². The van der Waals surface area contributed by atoms with Crippen LogP contribution in [0, 0.1) is 0 Å². The van der Waals surface area contributed by atoms with Gasteiger partial charge in [-0.3, -0.25) is 0 Å². The highest BCUT2D eigenvalue weighted by atomic mass is 79.9. The first-order valence-electron chi connectivity index (χ1n) is 7.25. The molecule has 0 unspecified atom stereocenters. The van der Waals surface area contributed by atoms with E-state index in [0.29, 0.717) is 10.3 Å². The van der Waals surface area contributed by atoms with E-state index in [4.69, 9.17) is 21.3 Å². The van der Waals surface area contributed by atoms with Gasteiger partial charge in [-0.1, -0.05) is 22.7 Å². The zero-order chi connectivity index (χ0) is 20.0. The number of aromatic nitrogens is 2. The second kappa shape index (κ2) is 10.5. The summed E-state index contributed by atoms with van der Waals surface area (Å²) in [6.07, 6.45) is 0. The molecule has 4 aromatic rings. The molecule has 0 saturated carbocycles. The number of phenols is 1. The Balaban J connectivity index is 0.000000163. The number of anilines is 2. The smallest absolute Gasteiger partial charge is 0.369 e. The number of hydrogen-bond donors (Lipinski definition) is 3. The van der Waals surface area contributed by atoms with Crippen molar-refractivity contribution in [3.8, 4) is 11.5 Å². The zero-order valence-corrected chi connectivity index (χ0v) is 20.3. The third kappa shape index (κ3) is 7.11. The molecule has 0 spiro atoms. The van der Waals surface area contributed by atoms with Crippen molar-refractivity contribution in [2.45, 2.75) is 0 Å². The van der Waals surface area contributed by atoms with Gasteiger partial charge < -0.3 is 21.3 Å². The minimum absolute atomic E-state index is 0.251. The van der Waals surface area contributed by atoms with Crippen LogP contribution in [0.4, 0.5) is 10.3 Å². The first kappa shape index (κ1) is 22.2. The molecule has 0 bridgehead atoms. The Bertz CT molecular complexity index is 1030. The van der Waals surface area contributed by atoms with Crippen LogP contribution in [-0.4, -0.2) is 25.4 Å². The van der Waals surface area contributed by atoms with Crippen LogP contribution < -0.4 is 16.2 Å². The van der Waals surface area contributed by atoms with Crippen LogP contribution in [0.5, 0.6) is 11.5 Å². The van der Waals surface area contributed by atoms with E-state index in [1.54, 1.807) is 25.3 Å². The molecule has 5 N–H and O–H groups in total. The fourth-order valence-corrected chi connectivity index (χ4v) is 3.51. The Labute approximate surface area is 188 Å². The summed E-state index contributed by atoms with van der Waals surface area (Å²) in [7, 11) is 1.64. The number of nitrogen functional groups attached to an aromatic ring is 2. The first-order chi connectivity index (χ1) is 12.8. The summed E-state index contributed by atoms with van der Waals surface area (Å²) in [6.45, 7) is 0. The van der Waals surface area contributed by atoms with Crippen LogP contribution in [0.3, 0.4) is 0 Å². The molecule has 27 heavy (non-hydrogen) atoms. The molecular formula is C15H14BBr3N4O2S2. The molecule has 6 nitrogen and oxygen atoms in total. The van der Waals surface area contributed by atoms with Gasteiger partial charge in [0.2, 0.25) is 0 Å². The minimum atomic E-state index is 0.251. The van der Waals surface area contributed by atoms with Gasteiger partial charge in [-0.2, -0.15) is 0 Å². The van der Waals surface area contributed by atoms with E-state index >= 15 is 0 Å². The fraction of sp³-hybridized carbons (Fsp3) is 0.0667. The maximum absolute atomic E-state index is 9.08. The molecule has 0 aliphatic carbocycles. The summed E-state index contributed by atoms with van der Waals surface area (Å²) in [5, 5.41) is 10.2. The molecule has 0 fully saturated rings. The maximum Gasteiger partial charge on any atom is 0.369 e. The highest BCUT2D eigenvalue weighted by Gasteiger charge is 2.01. The molecule has 12 heteroatoms. The third-order valence-electron chi connectivity index (χ3n) is 3.00. The zero-order valence-electron chi connectivity index (χ0n) is 13.9. The summed E-state index contributed by atoms with van der Waals surface area (Å²) in [5.74, 6) is 1.09. The topological polar surface area (TPSA) is 107 Å². The molecule has 2 aromatic heterocycles. The molecule has 0 amide bonds. The van der Waals surface area contributed by atoms with E-state index in [1.807, 2.05) is 18.2 Å². The van der Waals surface area contributed by atoms with Gasteiger partial charge in [0.15, 0.2) is 10.3 Å². The minimum Gasteiger partial charge on any atom is -0.508 e. The average Bonchev–Trinajstić information content (AvgIpc) is 3.14. The molecule has 142 valence electrons. The number of phenolic OH excluding ortho intramolecular Hbond substituents is 1. The molecule has 0 saturated heterocycles. The number of hydrogen-bond acceptors (Lipinski definition) is 8. The normalized spacial score (nSPS) is 9.93. The first-order valence-corrected chi connectivity index (χ1v) is 11.6. The summed E-state index contributed by atoms with van der Waals surface area (Å²) < 4.78 is 7.32. The van der Waals surface area contributed by atoms with Gasteiger partial charge in [-0.25, -0.2) is 9.97 Å². The van der Waals surface area contributed by atoms with Crippen molar-refractivity contribution in [3.05, 3.63) is 36.4 Å². The summed E-state index contributed by atoms with van der Waals surface area (Å²) in [5.41, 5.74) is 12.8. The number of aromatic hydroxyl groups is 1. The molecule has 0 atom stereocenters. The van der Waals surface area contributed by atoms with E-state index in [2.05, 4.69) is 57.2 Å². The van der Waals surface area contributed by atoms with E-state index in [-0.39, 0.29) is 8.93 Å². The number of halogens is 3. The Morgan fingerprint density at radius 1 is 0.926 bits per heavy atom. The lowest BCUT2D eigenvalue weighted by Gasteiger charge is -1.96. The van der Waals surface area contributed by atoms with Gasteiger partial charge in [-0.15, -0.1) is 47.3 Å². The number of nitrogens with zero attached hydrogens (tertiary/aromatic N) is 2. The van der Waals surface area contributed by atoms with Crippen molar-refractivity contribution in [2.24, 2.45) is 0 Å². The SMILES string of the molecule is BrB(Br)Br.COc1ccc2nc(N)sc2c1.Nc1nc2ccc(O)cc2s1. The number of thiazole rings is 2. The van der Waals surface area contributed by atoms with Crippen LogP contribution in [0.15, 0.2) is 36.4 Å². The Hall–Kier alpha value is -1.08. The fourth-order valence-electron chi connectivity index (χ4n) is 1.98. The molecule has 4 rings (SSSR count). The lowest BCUT2D eigenvalue weighted by Crippen LogP contribution is -1.81. The lowest BCUT2D eigenvalue weighted by molar-refractivity contribution is 0.415. The van der Waals surface area contributed by atoms with Gasteiger partial charge >= 0.3 is 3.18 Å². The van der Waals surface area contributed by atoms with Gasteiger partial charge in [0.1, 0.15) is 11.5 Å². The Morgan fingerprint density at radius 3 is 1.93 bits per heavy atom. The van der Waals surface area contributed by atoms with Gasteiger partial charge in [0.05, 0.1) is 27.5 Å². The number of ether oxygens (including phenoxy) is 1. The highest BCUT2D eigenvalue weighted by Crippen LogP contribution is 2.27. The third-order valence-corrected chi connectivity index (χ3v) is 4.70. The van der Waals surface area contributed by atoms with Gasteiger partial charge in [0.25, 0.3) is 0 Å². The van der Waals surface area contributed by atoms with E-state index in [1.165, 1.54) is 22.7 Å². The number of benzene rings is 2. The summed E-state index contributed by atoms with van der Waals surface area (Å²) in [6, 6.07) is 10.7. The van der Waals surface area contributed by atoms with Crippen molar-refractivity contribution >= 4 is 104 Å². The van der Waals surface area contributed by atoms with Crippen LogP contribution in [-0.2, 0) is 0 Å². The standard InChI is InChI=1S/C8H8N2OS.C7H6N2OS.BBr3/c1-11-5-2-3-6-7(4-5)12-8(9)10-6;8-7-9-5-2-1-4(10)3-6(5)11-7;2-1(3)4/h2-4H,1H3,(H2,9,10);1-3,10H,(H2,8,9);. The second-order valence-electron chi connectivity index (χ2n) is 4.84. The van der Waals surface area contributed by atoms with Crippen molar-refractivity contribution in [1.82, 2.24) is 9.97 Å². The van der Waals surface area contributed by atoms with Crippen molar-refractivity contribution < 1.29 is 9.84 Å². The second-order valence-corrected chi connectivity index (χ2v) is 13.4. The van der Waals surface area contributed by atoms with E-state index in [0.717, 1.165) is 26.2 Å². The number of fused-ring (bicyclic) bond motifs is 2. The molecular weight excluding hydrogens is 583 g/mol. The Morgan fingerprint density at radius 2 is 1.41 bits per heavy atom. The van der Waals surface area contributed by atoms with Crippen molar-refractivity contribution in [3.63, 3.8) is 0 Å². The predicted octanol–water partition coefficient (Wildman–Crippen LogP) is 5.63. The molecule has 0 aliphatic rings. The largest absolute Gasteiger partial charge is 0.508 e. The number of rotatable bonds is 1. The van der Waals surface area contributed by atoms with Crippen LogP contribution in [0.2, 0.25) is 0 Å². The van der Waals surface area contributed by atoms with Crippen molar-refractivity contribution in [1.29, 1.82) is 0 Å². The van der Waals surface area contributed by atoms with Gasteiger partial charge in [-0.05, 0) is 36.4 Å². The maximum atomic E-state index is 9.08. The lowest BCUT2D eigenvalue weighted by atomic mass is 10.3. The number of nitrogens with two attached hydrogens (primary N) is 2. The molecule has 0 aliphatic heterocycles. The van der Waals surface area contributed by atoms with Crippen LogP contribution in [0.1, 0.15) is 0 Å².